The lowest BCUT2D eigenvalue weighted by atomic mass is 10.0. The van der Waals surface area contributed by atoms with E-state index in [1.54, 1.807) is 24.3 Å². The first-order valence-corrected chi connectivity index (χ1v) is 8.79. The molecule has 0 aliphatic heterocycles. The Labute approximate surface area is 161 Å². The Kier molecular flexibility index (Phi) is 5.29. The van der Waals surface area contributed by atoms with Gasteiger partial charge in [0.05, 0.1) is 17.7 Å². The van der Waals surface area contributed by atoms with E-state index in [0.717, 1.165) is 6.42 Å². The number of ketones is 1. The molecular formula is C18H18ClN3O3S. The number of benzene rings is 1. The van der Waals surface area contributed by atoms with Crippen LogP contribution >= 0.6 is 23.8 Å². The highest BCUT2D eigenvalue weighted by atomic mass is 35.5. The predicted molar refractivity (Wildman–Crippen MR) is 104 cm³/mol. The van der Waals surface area contributed by atoms with E-state index in [1.165, 1.54) is 20.2 Å². The van der Waals surface area contributed by atoms with Gasteiger partial charge in [0.2, 0.25) is 0 Å². The molecule has 0 amide bonds. The minimum absolute atomic E-state index is 0.00202. The second-order valence-corrected chi connectivity index (χ2v) is 6.89. The molecular weight excluding hydrogens is 374 g/mol. The van der Waals surface area contributed by atoms with Crippen LogP contribution < -0.4 is 15.4 Å². The summed E-state index contributed by atoms with van der Waals surface area (Å²) in [6.07, 6.45) is 2.30. The van der Waals surface area contributed by atoms with E-state index in [9.17, 15) is 9.90 Å². The molecule has 0 unspecified atom stereocenters. The Morgan fingerprint density at radius 1 is 1.38 bits per heavy atom. The Bertz CT molecular complexity index is 858. The first-order valence-electron chi connectivity index (χ1n) is 8.00. The number of phenolic OH excluding ortho intramolecular Hbond substituents is 1. The Hall–Kier alpha value is -2.38. The van der Waals surface area contributed by atoms with Crippen LogP contribution in [0.2, 0.25) is 5.02 Å². The zero-order chi connectivity index (χ0) is 18.8. The average molecular weight is 392 g/mol. The third-order valence-corrected chi connectivity index (χ3v) is 4.67. The van der Waals surface area contributed by atoms with Gasteiger partial charge >= 0.3 is 0 Å². The summed E-state index contributed by atoms with van der Waals surface area (Å²) >= 11 is 11.1. The first-order chi connectivity index (χ1) is 12.4. The van der Waals surface area contributed by atoms with Gasteiger partial charge in [0, 0.05) is 23.7 Å². The highest BCUT2D eigenvalue weighted by Gasteiger charge is 2.43. The minimum Gasteiger partial charge on any atom is -0.507 e. The summed E-state index contributed by atoms with van der Waals surface area (Å²) < 4.78 is 5.35. The third-order valence-electron chi connectivity index (χ3n) is 4.22. The molecule has 1 aliphatic rings. The molecule has 0 saturated heterocycles. The quantitative estimate of drug-likeness (QED) is 0.531. The number of aromatic hydroxyl groups is 1. The normalized spacial score (nSPS) is 18.1. The van der Waals surface area contributed by atoms with Crippen LogP contribution in [-0.4, -0.2) is 34.1 Å². The van der Waals surface area contributed by atoms with Crippen molar-refractivity contribution in [2.75, 3.05) is 12.4 Å². The summed E-state index contributed by atoms with van der Waals surface area (Å²) in [5.74, 6) is 0.928. The van der Waals surface area contributed by atoms with Gasteiger partial charge in [-0.15, -0.1) is 0 Å². The predicted octanol–water partition coefficient (Wildman–Crippen LogP) is 3.49. The number of carbonyl (C=O) groups excluding carboxylic acids is 1. The molecule has 1 aliphatic carbocycles. The van der Waals surface area contributed by atoms with E-state index in [4.69, 9.17) is 28.6 Å². The molecule has 0 spiro atoms. The molecule has 0 bridgehead atoms. The highest BCUT2D eigenvalue weighted by Crippen LogP contribution is 2.49. The molecule has 6 nitrogen and oxygen atoms in total. The monoisotopic (exact) mass is 391 g/mol. The van der Waals surface area contributed by atoms with Crippen molar-refractivity contribution >= 4 is 40.5 Å². The molecule has 2 atom stereocenters. The molecule has 1 aromatic heterocycles. The van der Waals surface area contributed by atoms with E-state index in [0.29, 0.717) is 27.3 Å². The van der Waals surface area contributed by atoms with Crippen LogP contribution in [-0.2, 0) is 0 Å². The fourth-order valence-electron chi connectivity index (χ4n) is 2.85. The molecule has 1 fully saturated rings. The second-order valence-electron chi connectivity index (χ2n) is 6.04. The number of thiocarbonyl (C=S) groups is 1. The van der Waals surface area contributed by atoms with E-state index < -0.39 is 0 Å². The number of carbonyl (C=O) groups is 1. The number of Topliss-reactive ketones (excluding diaryl/α,β-unsaturated/α-hetero) is 1. The van der Waals surface area contributed by atoms with Gasteiger partial charge in [-0.05, 0) is 49.8 Å². The second kappa shape index (κ2) is 7.47. The number of hydrogen-bond acceptors (Lipinski definition) is 5. The fourth-order valence-corrected chi connectivity index (χ4v) is 3.22. The van der Waals surface area contributed by atoms with E-state index >= 15 is 0 Å². The molecule has 1 aromatic carbocycles. The van der Waals surface area contributed by atoms with Crippen molar-refractivity contribution in [3.05, 3.63) is 46.6 Å². The van der Waals surface area contributed by atoms with Crippen molar-refractivity contribution in [3.63, 3.8) is 0 Å². The number of halogens is 1. The van der Waals surface area contributed by atoms with Crippen LogP contribution in [0.1, 0.15) is 35.2 Å². The largest absolute Gasteiger partial charge is 0.507 e. The Morgan fingerprint density at radius 2 is 2.15 bits per heavy atom. The van der Waals surface area contributed by atoms with Crippen molar-refractivity contribution in [1.29, 1.82) is 0 Å². The van der Waals surface area contributed by atoms with Crippen LogP contribution in [0, 0.1) is 0 Å². The smallest absolute Gasteiger partial charge is 0.172 e. The maximum atomic E-state index is 11.7. The summed E-state index contributed by atoms with van der Waals surface area (Å²) in [6.45, 7) is 1.42. The molecule has 26 heavy (non-hydrogen) atoms. The highest BCUT2D eigenvalue weighted by molar-refractivity contribution is 7.80. The zero-order valence-electron chi connectivity index (χ0n) is 14.2. The maximum absolute atomic E-state index is 11.7. The van der Waals surface area contributed by atoms with Gasteiger partial charge in [0.25, 0.3) is 0 Å². The molecule has 3 N–H and O–H groups in total. The van der Waals surface area contributed by atoms with Gasteiger partial charge in [-0.2, -0.15) is 0 Å². The van der Waals surface area contributed by atoms with Crippen molar-refractivity contribution < 1.29 is 14.6 Å². The van der Waals surface area contributed by atoms with Crippen LogP contribution in [0.5, 0.6) is 11.5 Å². The Morgan fingerprint density at radius 3 is 2.77 bits per heavy atom. The van der Waals surface area contributed by atoms with Crippen molar-refractivity contribution in [2.45, 2.75) is 25.3 Å². The van der Waals surface area contributed by atoms with Crippen LogP contribution in [0.15, 0.2) is 30.5 Å². The number of methoxy groups -OCH3 is 1. The number of rotatable bonds is 5. The van der Waals surface area contributed by atoms with Gasteiger partial charge in [-0.3, -0.25) is 4.79 Å². The lowest BCUT2D eigenvalue weighted by Crippen LogP contribution is -2.31. The number of phenols is 1. The third kappa shape index (κ3) is 3.89. The lowest BCUT2D eigenvalue weighted by molar-refractivity contribution is 0.101. The number of ether oxygens (including phenoxy) is 1. The van der Waals surface area contributed by atoms with E-state index in [2.05, 4.69) is 15.6 Å². The number of anilines is 1. The van der Waals surface area contributed by atoms with E-state index in [-0.39, 0.29) is 29.1 Å². The molecule has 8 heteroatoms. The standard InChI is InChI=1S/C18H18ClN3O3S/c1-9(23)11-4-5-14(25-2)16(17(11)24)12-7-13(12)21-18(26)22-15-6-3-10(19)8-20-15/h3-6,8,12-13,24H,7H2,1-2H3,(H2,20,21,22,26)/t12-,13+/m1/s1. The number of aromatic nitrogens is 1. The minimum atomic E-state index is -0.192. The number of nitrogens with one attached hydrogen (secondary N) is 2. The van der Waals surface area contributed by atoms with Crippen LogP contribution in [0.3, 0.4) is 0 Å². The van der Waals surface area contributed by atoms with Gasteiger partial charge in [-0.1, -0.05) is 11.6 Å². The maximum Gasteiger partial charge on any atom is 0.172 e. The summed E-state index contributed by atoms with van der Waals surface area (Å²) in [5.41, 5.74) is 0.919. The topological polar surface area (TPSA) is 83.5 Å². The number of hydrogen-bond donors (Lipinski definition) is 3. The lowest BCUT2D eigenvalue weighted by Gasteiger charge is -2.14. The van der Waals surface area contributed by atoms with Crippen molar-refractivity contribution in [2.24, 2.45) is 0 Å². The van der Waals surface area contributed by atoms with Gasteiger partial charge < -0.3 is 20.5 Å². The molecule has 3 rings (SSSR count). The summed E-state index contributed by atoms with van der Waals surface area (Å²) in [6, 6.07) is 6.75. The number of pyridine rings is 1. The zero-order valence-corrected chi connectivity index (χ0v) is 15.8. The fraction of sp³-hybridized carbons (Fsp3) is 0.278. The Balaban J connectivity index is 1.70. The van der Waals surface area contributed by atoms with Gasteiger partial charge in [0.15, 0.2) is 10.9 Å². The molecule has 1 saturated carbocycles. The molecule has 2 aromatic rings. The van der Waals surface area contributed by atoms with Crippen LogP contribution in [0.25, 0.3) is 0 Å². The summed E-state index contributed by atoms with van der Waals surface area (Å²) in [5, 5.41) is 17.6. The molecule has 1 heterocycles. The van der Waals surface area contributed by atoms with Crippen LogP contribution in [0.4, 0.5) is 5.82 Å². The van der Waals surface area contributed by atoms with Crippen molar-refractivity contribution in [3.8, 4) is 11.5 Å². The summed E-state index contributed by atoms with van der Waals surface area (Å²) in [7, 11) is 1.54. The number of nitrogens with zero attached hydrogens (tertiary/aromatic N) is 1. The van der Waals surface area contributed by atoms with Crippen molar-refractivity contribution in [1.82, 2.24) is 10.3 Å². The average Bonchev–Trinajstić information content (AvgIpc) is 3.34. The SMILES string of the molecule is COc1ccc(C(C)=O)c(O)c1[C@@H]1C[C@@H]1NC(=S)Nc1ccc(Cl)cn1. The summed E-state index contributed by atoms with van der Waals surface area (Å²) in [4.78, 5) is 15.8. The molecule has 136 valence electrons. The molecule has 0 radical (unpaired) electrons. The van der Waals surface area contributed by atoms with Gasteiger partial charge in [-0.25, -0.2) is 4.98 Å². The first kappa shape index (κ1) is 18.4. The van der Waals surface area contributed by atoms with E-state index in [1.807, 2.05) is 0 Å². The van der Waals surface area contributed by atoms with Gasteiger partial charge in [0.1, 0.15) is 17.3 Å².